The summed E-state index contributed by atoms with van der Waals surface area (Å²) in [6, 6.07) is 6.67. The van der Waals surface area contributed by atoms with Gasteiger partial charge in [-0.1, -0.05) is 31.5 Å². The maximum atomic E-state index is 11.0. The fraction of sp³-hybridized carbons (Fsp3) is 0.588. The number of nitrogens with zero attached hydrogens (tertiary/aromatic N) is 2. The Morgan fingerprint density at radius 1 is 1.20 bits per heavy atom. The molecular formula is C17H29IN4O3. The highest BCUT2D eigenvalue weighted by molar-refractivity contribution is 14.0. The van der Waals surface area contributed by atoms with Gasteiger partial charge in [-0.15, -0.1) is 24.0 Å². The third-order valence-corrected chi connectivity index (χ3v) is 3.34. The molecule has 142 valence electrons. The van der Waals surface area contributed by atoms with Crippen LogP contribution in [0.3, 0.4) is 0 Å². The highest BCUT2D eigenvalue weighted by Crippen LogP contribution is 2.18. The lowest BCUT2D eigenvalue weighted by Gasteiger charge is -2.11. The van der Waals surface area contributed by atoms with Crippen LogP contribution in [0.2, 0.25) is 0 Å². The number of unbranched alkanes of at least 4 members (excludes halogenated alkanes) is 1. The summed E-state index contributed by atoms with van der Waals surface area (Å²) in [6.45, 7) is 7.39. The van der Waals surface area contributed by atoms with Crippen molar-refractivity contribution in [2.45, 2.75) is 39.7 Å². The molecule has 0 bridgehead atoms. The van der Waals surface area contributed by atoms with Gasteiger partial charge in [0.15, 0.2) is 5.96 Å². The zero-order valence-electron chi connectivity index (χ0n) is 15.0. The molecule has 0 radical (unpaired) electrons. The van der Waals surface area contributed by atoms with Crippen LogP contribution in [-0.4, -0.2) is 37.2 Å². The van der Waals surface area contributed by atoms with Gasteiger partial charge in [0.25, 0.3) is 5.69 Å². The van der Waals surface area contributed by atoms with E-state index in [1.807, 2.05) is 6.92 Å². The molecule has 0 aliphatic heterocycles. The minimum absolute atomic E-state index is 0. The predicted octanol–water partition coefficient (Wildman–Crippen LogP) is 3.47. The van der Waals surface area contributed by atoms with E-state index in [2.05, 4.69) is 22.5 Å². The standard InChI is InChI=1S/C17H28N4O3.HI/c1-3-5-12-24-13-8-11-19-17(18-4-2)20-14-15-9-6-7-10-16(15)21(22)23;/h6-7,9-10H,3-5,8,11-14H2,1-2H3,(H2,18,19,20);1H. The molecule has 1 aromatic rings. The van der Waals surface area contributed by atoms with Gasteiger partial charge in [-0.25, -0.2) is 4.99 Å². The summed E-state index contributed by atoms with van der Waals surface area (Å²) in [5.41, 5.74) is 0.698. The zero-order valence-corrected chi connectivity index (χ0v) is 17.3. The minimum Gasteiger partial charge on any atom is -0.381 e. The first-order valence-corrected chi connectivity index (χ1v) is 8.51. The molecule has 1 aromatic carbocycles. The summed E-state index contributed by atoms with van der Waals surface area (Å²) in [5, 5.41) is 17.4. The van der Waals surface area contributed by atoms with Crippen molar-refractivity contribution in [2.75, 3.05) is 26.3 Å². The average Bonchev–Trinajstić information content (AvgIpc) is 2.59. The van der Waals surface area contributed by atoms with Gasteiger partial charge in [0.1, 0.15) is 0 Å². The molecule has 0 saturated heterocycles. The largest absolute Gasteiger partial charge is 0.381 e. The molecule has 0 amide bonds. The summed E-state index contributed by atoms with van der Waals surface area (Å²) < 4.78 is 5.51. The molecule has 0 aliphatic rings. The third-order valence-electron chi connectivity index (χ3n) is 3.34. The number of guanidine groups is 1. The first kappa shape index (κ1) is 23.6. The monoisotopic (exact) mass is 464 g/mol. The van der Waals surface area contributed by atoms with Crippen LogP contribution in [-0.2, 0) is 11.3 Å². The number of aliphatic imine (C=N–C) groups is 1. The Labute approximate surface area is 166 Å². The molecule has 7 nitrogen and oxygen atoms in total. The van der Waals surface area contributed by atoms with E-state index in [1.54, 1.807) is 18.2 Å². The van der Waals surface area contributed by atoms with Crippen LogP contribution in [0.25, 0.3) is 0 Å². The molecule has 2 N–H and O–H groups in total. The van der Waals surface area contributed by atoms with Gasteiger partial charge in [0.2, 0.25) is 0 Å². The maximum Gasteiger partial charge on any atom is 0.274 e. The van der Waals surface area contributed by atoms with Crippen LogP contribution in [0.5, 0.6) is 0 Å². The van der Waals surface area contributed by atoms with Crippen molar-refractivity contribution in [3.63, 3.8) is 0 Å². The highest BCUT2D eigenvalue weighted by Gasteiger charge is 2.11. The van der Waals surface area contributed by atoms with Crippen LogP contribution in [0.15, 0.2) is 29.3 Å². The quantitative estimate of drug-likeness (QED) is 0.131. The van der Waals surface area contributed by atoms with Crippen molar-refractivity contribution >= 4 is 35.6 Å². The summed E-state index contributed by atoms with van der Waals surface area (Å²) in [7, 11) is 0. The van der Waals surface area contributed by atoms with E-state index in [0.717, 1.165) is 45.6 Å². The van der Waals surface area contributed by atoms with E-state index in [9.17, 15) is 10.1 Å². The van der Waals surface area contributed by atoms with Gasteiger partial charge in [-0.2, -0.15) is 0 Å². The number of nitrogens with one attached hydrogen (secondary N) is 2. The fourth-order valence-electron chi connectivity index (χ4n) is 2.06. The second kappa shape index (κ2) is 14.9. The van der Waals surface area contributed by atoms with Crippen LogP contribution < -0.4 is 10.6 Å². The lowest BCUT2D eigenvalue weighted by atomic mass is 10.2. The third kappa shape index (κ3) is 10.2. The Hall–Kier alpha value is -1.42. The van der Waals surface area contributed by atoms with Crippen molar-refractivity contribution < 1.29 is 9.66 Å². The number of halogens is 1. The first-order valence-electron chi connectivity index (χ1n) is 8.51. The Morgan fingerprint density at radius 3 is 2.60 bits per heavy atom. The van der Waals surface area contributed by atoms with Crippen molar-refractivity contribution in [3.05, 3.63) is 39.9 Å². The van der Waals surface area contributed by atoms with E-state index in [1.165, 1.54) is 6.07 Å². The number of hydrogen-bond donors (Lipinski definition) is 2. The summed E-state index contributed by atoms with van der Waals surface area (Å²) in [6.07, 6.45) is 3.12. The maximum absolute atomic E-state index is 11.0. The van der Waals surface area contributed by atoms with Crippen molar-refractivity contribution in [1.82, 2.24) is 10.6 Å². The Balaban J connectivity index is 0.00000576. The van der Waals surface area contributed by atoms with Crippen LogP contribution in [0, 0.1) is 10.1 Å². The number of nitro benzene ring substituents is 1. The molecule has 0 aromatic heterocycles. The van der Waals surface area contributed by atoms with Crippen LogP contribution in [0.1, 0.15) is 38.7 Å². The van der Waals surface area contributed by atoms with Gasteiger partial charge in [0, 0.05) is 32.4 Å². The Kier molecular flexibility index (Phi) is 14.0. The van der Waals surface area contributed by atoms with Crippen LogP contribution in [0.4, 0.5) is 5.69 Å². The Bertz CT molecular complexity index is 526. The molecule has 8 heteroatoms. The van der Waals surface area contributed by atoms with Gasteiger partial charge in [-0.3, -0.25) is 10.1 Å². The van der Waals surface area contributed by atoms with Gasteiger partial charge < -0.3 is 15.4 Å². The molecule has 1 rings (SSSR count). The van der Waals surface area contributed by atoms with E-state index in [-0.39, 0.29) is 41.1 Å². The molecule has 0 heterocycles. The predicted molar refractivity (Wildman–Crippen MR) is 112 cm³/mol. The van der Waals surface area contributed by atoms with E-state index < -0.39 is 0 Å². The molecular weight excluding hydrogens is 435 g/mol. The average molecular weight is 464 g/mol. The molecule has 0 spiro atoms. The smallest absolute Gasteiger partial charge is 0.274 e. The normalized spacial score (nSPS) is 10.9. The number of hydrogen-bond acceptors (Lipinski definition) is 4. The summed E-state index contributed by atoms with van der Waals surface area (Å²) in [4.78, 5) is 15.1. The Morgan fingerprint density at radius 2 is 1.92 bits per heavy atom. The van der Waals surface area contributed by atoms with E-state index in [0.29, 0.717) is 11.5 Å². The second-order valence-electron chi connectivity index (χ2n) is 5.33. The molecule has 0 saturated carbocycles. The summed E-state index contributed by atoms with van der Waals surface area (Å²) >= 11 is 0. The number of ether oxygens (including phenoxy) is 1. The van der Waals surface area contributed by atoms with Crippen molar-refractivity contribution in [3.8, 4) is 0 Å². The topological polar surface area (TPSA) is 88.8 Å². The molecule has 25 heavy (non-hydrogen) atoms. The molecule has 0 fully saturated rings. The first-order chi connectivity index (χ1) is 11.7. The van der Waals surface area contributed by atoms with Gasteiger partial charge in [-0.05, 0) is 19.8 Å². The van der Waals surface area contributed by atoms with E-state index in [4.69, 9.17) is 4.74 Å². The lowest BCUT2D eigenvalue weighted by molar-refractivity contribution is -0.385. The number of para-hydroxylation sites is 1. The molecule has 0 unspecified atom stereocenters. The minimum atomic E-state index is -0.376. The summed E-state index contributed by atoms with van der Waals surface area (Å²) in [5.74, 6) is 0.657. The number of rotatable bonds is 11. The van der Waals surface area contributed by atoms with Gasteiger partial charge >= 0.3 is 0 Å². The number of benzene rings is 1. The van der Waals surface area contributed by atoms with Crippen molar-refractivity contribution in [1.29, 1.82) is 0 Å². The second-order valence-corrected chi connectivity index (χ2v) is 5.33. The SMILES string of the molecule is CCCCOCCCNC(=NCc1ccccc1[N+](=O)[O-])NCC.I. The highest BCUT2D eigenvalue weighted by atomic mass is 127. The molecule has 0 aliphatic carbocycles. The van der Waals surface area contributed by atoms with Gasteiger partial charge in [0.05, 0.1) is 17.0 Å². The van der Waals surface area contributed by atoms with E-state index >= 15 is 0 Å². The van der Waals surface area contributed by atoms with Crippen molar-refractivity contribution in [2.24, 2.45) is 4.99 Å². The fourth-order valence-corrected chi connectivity index (χ4v) is 2.06. The zero-order chi connectivity index (χ0) is 17.6. The molecule has 0 atom stereocenters. The number of nitro groups is 1. The van der Waals surface area contributed by atoms with Crippen LogP contribution >= 0.6 is 24.0 Å². The lowest BCUT2D eigenvalue weighted by Crippen LogP contribution is -2.38.